The van der Waals surface area contributed by atoms with E-state index in [1.165, 1.54) is 0 Å². The number of benzene rings is 2. The first kappa shape index (κ1) is 18.2. The fourth-order valence-electron chi connectivity index (χ4n) is 3.09. The van der Waals surface area contributed by atoms with Crippen LogP contribution in [-0.4, -0.2) is 58.1 Å². The molecule has 1 atom stereocenters. The van der Waals surface area contributed by atoms with E-state index in [4.69, 9.17) is 4.74 Å². The zero-order chi connectivity index (χ0) is 18.8. The topological polar surface area (TPSA) is 61.9 Å². The van der Waals surface area contributed by atoms with Crippen LogP contribution in [0.5, 0.6) is 5.75 Å². The minimum atomic E-state index is -0.789. The third kappa shape index (κ3) is 3.65. The molecule has 0 spiro atoms. The molecular weight excluding hydrogens is 330 g/mol. The first-order valence-electron chi connectivity index (χ1n) is 8.74. The third-order valence-corrected chi connectivity index (χ3v) is 4.64. The summed E-state index contributed by atoms with van der Waals surface area (Å²) in [5, 5.41) is 4.72. The van der Waals surface area contributed by atoms with E-state index in [2.05, 4.69) is 11.4 Å². The van der Waals surface area contributed by atoms with Gasteiger partial charge < -0.3 is 19.9 Å². The zero-order valence-electron chi connectivity index (χ0n) is 15.7. The Hall–Kier alpha value is -2.60. The Morgan fingerprint density at radius 1 is 1.19 bits per heavy atom. The van der Waals surface area contributed by atoms with Gasteiger partial charge in [-0.05, 0) is 49.7 Å². The normalized spacial score (nSPS) is 16.3. The number of carbonyl (C=O) groups is 2. The van der Waals surface area contributed by atoms with Crippen LogP contribution in [-0.2, 0) is 16.0 Å². The SMILES string of the molecule is CN(C)CCNC(=O)C1Cc2ccc3cc(N(C)C)ccc3c2OC1=O. The van der Waals surface area contributed by atoms with Crippen molar-refractivity contribution in [1.29, 1.82) is 0 Å². The van der Waals surface area contributed by atoms with E-state index in [1.54, 1.807) is 0 Å². The molecule has 1 N–H and O–H groups in total. The quantitative estimate of drug-likeness (QED) is 0.502. The second-order valence-electron chi connectivity index (χ2n) is 7.13. The van der Waals surface area contributed by atoms with Crippen molar-refractivity contribution in [2.45, 2.75) is 6.42 Å². The van der Waals surface area contributed by atoms with E-state index in [1.807, 2.05) is 62.3 Å². The lowest BCUT2D eigenvalue weighted by molar-refractivity contribution is -0.145. The minimum absolute atomic E-state index is 0.273. The predicted molar refractivity (Wildman–Crippen MR) is 103 cm³/mol. The lowest BCUT2D eigenvalue weighted by atomic mass is 9.92. The molecule has 1 heterocycles. The largest absolute Gasteiger partial charge is 0.425 e. The van der Waals surface area contributed by atoms with Crippen molar-refractivity contribution in [3.63, 3.8) is 0 Å². The van der Waals surface area contributed by atoms with Gasteiger partial charge in [-0.1, -0.05) is 12.1 Å². The number of nitrogens with zero attached hydrogens (tertiary/aromatic N) is 2. The van der Waals surface area contributed by atoms with Gasteiger partial charge in [0.05, 0.1) is 0 Å². The Balaban J connectivity index is 1.83. The molecule has 1 unspecified atom stereocenters. The number of fused-ring (bicyclic) bond motifs is 3. The molecule has 26 heavy (non-hydrogen) atoms. The van der Waals surface area contributed by atoms with Crippen molar-refractivity contribution < 1.29 is 14.3 Å². The molecule has 0 saturated heterocycles. The highest BCUT2D eigenvalue weighted by Gasteiger charge is 2.34. The number of ether oxygens (including phenoxy) is 1. The highest BCUT2D eigenvalue weighted by molar-refractivity contribution is 6.02. The number of anilines is 1. The molecule has 0 fully saturated rings. The smallest absolute Gasteiger partial charge is 0.324 e. The minimum Gasteiger partial charge on any atom is -0.425 e. The maximum Gasteiger partial charge on any atom is 0.324 e. The van der Waals surface area contributed by atoms with Gasteiger partial charge in [-0.25, -0.2) is 0 Å². The van der Waals surface area contributed by atoms with Crippen LogP contribution in [0.4, 0.5) is 5.69 Å². The first-order valence-corrected chi connectivity index (χ1v) is 8.74. The molecule has 6 nitrogen and oxygen atoms in total. The van der Waals surface area contributed by atoms with Gasteiger partial charge in [-0.15, -0.1) is 0 Å². The van der Waals surface area contributed by atoms with Crippen LogP contribution in [0.15, 0.2) is 30.3 Å². The number of nitrogens with one attached hydrogen (secondary N) is 1. The molecule has 0 bridgehead atoms. The Morgan fingerprint density at radius 2 is 1.96 bits per heavy atom. The van der Waals surface area contributed by atoms with Crippen LogP contribution < -0.4 is 15.0 Å². The first-order chi connectivity index (χ1) is 12.4. The van der Waals surface area contributed by atoms with Crippen molar-refractivity contribution in [1.82, 2.24) is 10.2 Å². The van der Waals surface area contributed by atoms with Crippen LogP contribution in [0.2, 0.25) is 0 Å². The highest BCUT2D eigenvalue weighted by atomic mass is 16.5. The van der Waals surface area contributed by atoms with Gasteiger partial charge in [-0.2, -0.15) is 0 Å². The van der Waals surface area contributed by atoms with Gasteiger partial charge in [0.15, 0.2) is 0 Å². The van der Waals surface area contributed by atoms with E-state index >= 15 is 0 Å². The average Bonchev–Trinajstić information content (AvgIpc) is 2.60. The lowest BCUT2D eigenvalue weighted by Crippen LogP contribution is -2.42. The van der Waals surface area contributed by atoms with E-state index in [9.17, 15) is 9.59 Å². The summed E-state index contributed by atoms with van der Waals surface area (Å²) in [6.45, 7) is 1.23. The molecule has 6 heteroatoms. The molecule has 0 radical (unpaired) electrons. The summed E-state index contributed by atoms with van der Waals surface area (Å²) >= 11 is 0. The molecule has 1 aliphatic heterocycles. The number of hydrogen-bond acceptors (Lipinski definition) is 5. The Labute approximate surface area is 153 Å². The van der Waals surface area contributed by atoms with Gasteiger partial charge >= 0.3 is 5.97 Å². The summed E-state index contributed by atoms with van der Waals surface area (Å²) in [7, 11) is 7.84. The molecule has 0 aliphatic carbocycles. The van der Waals surface area contributed by atoms with Gasteiger partial charge in [0, 0.05) is 38.3 Å². The fraction of sp³-hybridized carbons (Fsp3) is 0.400. The van der Waals surface area contributed by atoms with Gasteiger partial charge in [-0.3, -0.25) is 9.59 Å². The van der Waals surface area contributed by atoms with Crippen LogP contribution in [0.1, 0.15) is 5.56 Å². The van der Waals surface area contributed by atoms with E-state index in [-0.39, 0.29) is 5.91 Å². The number of esters is 1. The Bertz CT molecular complexity index is 846. The molecule has 3 rings (SSSR count). The predicted octanol–water partition coefficient (Wildman–Crippen LogP) is 1.66. The maximum absolute atomic E-state index is 12.4. The second-order valence-corrected chi connectivity index (χ2v) is 7.13. The third-order valence-electron chi connectivity index (χ3n) is 4.64. The zero-order valence-corrected chi connectivity index (χ0v) is 15.7. The van der Waals surface area contributed by atoms with Gasteiger partial charge in [0.25, 0.3) is 0 Å². The molecule has 1 amide bonds. The summed E-state index contributed by atoms with van der Waals surface area (Å²) < 4.78 is 5.58. The summed E-state index contributed by atoms with van der Waals surface area (Å²) in [6, 6.07) is 9.99. The van der Waals surface area contributed by atoms with Crippen molar-refractivity contribution in [3.8, 4) is 5.75 Å². The van der Waals surface area contributed by atoms with E-state index < -0.39 is 11.9 Å². The van der Waals surface area contributed by atoms with Crippen LogP contribution >= 0.6 is 0 Å². The monoisotopic (exact) mass is 355 g/mol. The number of likely N-dealkylation sites (N-methyl/N-ethyl adjacent to an activating group) is 1. The number of amides is 1. The summed E-state index contributed by atoms with van der Waals surface area (Å²) in [5.41, 5.74) is 1.97. The van der Waals surface area contributed by atoms with Crippen molar-refractivity contribution in [2.75, 3.05) is 46.2 Å². The Morgan fingerprint density at radius 3 is 2.65 bits per heavy atom. The summed E-state index contributed by atoms with van der Waals surface area (Å²) in [6.07, 6.45) is 0.368. The molecule has 0 saturated carbocycles. The highest BCUT2D eigenvalue weighted by Crippen LogP contribution is 2.36. The number of hydrogen-bond donors (Lipinski definition) is 1. The molecule has 2 aromatic carbocycles. The van der Waals surface area contributed by atoms with E-state index in [0.29, 0.717) is 18.7 Å². The standard InChI is InChI=1S/C20H25N3O3/c1-22(2)10-9-21-19(24)17-12-14-6-5-13-11-15(23(3)4)7-8-16(13)18(14)26-20(17)25/h5-8,11,17H,9-10,12H2,1-4H3,(H,21,24). The molecular formula is C20H25N3O3. The molecule has 1 aliphatic rings. The molecule has 0 aromatic heterocycles. The van der Waals surface area contributed by atoms with Gasteiger partial charge in [0.2, 0.25) is 5.91 Å². The molecule has 2 aromatic rings. The lowest BCUT2D eigenvalue weighted by Gasteiger charge is -2.24. The summed E-state index contributed by atoms with van der Waals surface area (Å²) in [4.78, 5) is 28.8. The second kappa shape index (κ2) is 7.33. The van der Waals surface area contributed by atoms with Crippen LogP contribution in [0, 0.1) is 5.92 Å². The Kier molecular flexibility index (Phi) is 5.13. The van der Waals surface area contributed by atoms with Crippen molar-refractivity contribution >= 4 is 28.3 Å². The molecule has 138 valence electrons. The van der Waals surface area contributed by atoms with Crippen LogP contribution in [0.3, 0.4) is 0 Å². The van der Waals surface area contributed by atoms with Crippen molar-refractivity contribution in [3.05, 3.63) is 35.9 Å². The maximum atomic E-state index is 12.4. The number of carbonyl (C=O) groups excluding carboxylic acids is 2. The van der Waals surface area contributed by atoms with E-state index in [0.717, 1.165) is 28.6 Å². The average molecular weight is 355 g/mol. The number of rotatable bonds is 5. The van der Waals surface area contributed by atoms with Crippen molar-refractivity contribution in [2.24, 2.45) is 5.92 Å². The fourth-order valence-corrected chi connectivity index (χ4v) is 3.09. The summed E-state index contributed by atoms with van der Waals surface area (Å²) in [5.74, 6) is -0.965. The van der Waals surface area contributed by atoms with Gasteiger partial charge in [0.1, 0.15) is 11.7 Å². The van der Waals surface area contributed by atoms with Crippen LogP contribution in [0.25, 0.3) is 10.8 Å².